The first-order valence-electron chi connectivity index (χ1n) is 3.56. The molecule has 0 aliphatic carbocycles. The minimum atomic E-state index is 0.252. The molecule has 0 atom stereocenters. The van der Waals surface area contributed by atoms with Gasteiger partial charge in [-0.1, -0.05) is 5.16 Å². The van der Waals surface area contributed by atoms with Gasteiger partial charge in [0.1, 0.15) is 17.7 Å². The highest BCUT2D eigenvalue weighted by molar-refractivity contribution is 5.58. The zero-order valence-corrected chi connectivity index (χ0v) is 6.27. The van der Waals surface area contributed by atoms with Gasteiger partial charge in [-0.15, -0.1) is 0 Å². The summed E-state index contributed by atoms with van der Waals surface area (Å²) in [4.78, 5) is 0. The normalized spacial score (nSPS) is 10.0. The number of hydrogen-bond donors (Lipinski definition) is 1. The van der Waals surface area contributed by atoms with Gasteiger partial charge in [0, 0.05) is 11.6 Å². The molecule has 12 heavy (non-hydrogen) atoms. The third-order valence-corrected chi connectivity index (χ3v) is 1.60. The van der Waals surface area contributed by atoms with Crippen molar-refractivity contribution in [1.29, 1.82) is 0 Å². The van der Waals surface area contributed by atoms with E-state index in [4.69, 9.17) is 5.11 Å². The van der Waals surface area contributed by atoms with Gasteiger partial charge in [0.15, 0.2) is 0 Å². The van der Waals surface area contributed by atoms with Crippen LogP contribution >= 0.6 is 0 Å². The smallest absolute Gasteiger partial charge is 0.124 e. The maximum Gasteiger partial charge on any atom is 0.124 e. The highest BCUT2D eigenvalue weighted by Crippen LogP contribution is 2.19. The molecular weight excluding hydrogens is 154 g/mol. The number of aromatic hydroxyl groups is 1. The molecule has 0 spiro atoms. The lowest BCUT2D eigenvalue weighted by atomic mass is 10.1. The van der Waals surface area contributed by atoms with Crippen molar-refractivity contribution in [2.24, 2.45) is 0 Å². The summed E-state index contributed by atoms with van der Waals surface area (Å²) >= 11 is 0. The lowest BCUT2D eigenvalue weighted by Crippen LogP contribution is -1.74. The van der Waals surface area contributed by atoms with Crippen LogP contribution in [0.1, 0.15) is 0 Å². The zero-order chi connectivity index (χ0) is 8.39. The Morgan fingerprint density at radius 2 is 1.83 bits per heavy atom. The second-order valence-corrected chi connectivity index (χ2v) is 2.43. The van der Waals surface area contributed by atoms with E-state index >= 15 is 0 Å². The summed E-state index contributed by atoms with van der Waals surface area (Å²) in [5, 5.41) is 12.8. The lowest BCUT2D eigenvalue weighted by molar-refractivity contribution is 0.422. The quantitative estimate of drug-likeness (QED) is 0.696. The standard InChI is InChI=1S/C9H7NO2/c11-8-3-1-7(2-4-8)9-5-6-12-10-9/h1-6,11H. The van der Waals surface area contributed by atoms with Crippen LogP contribution in [0.4, 0.5) is 0 Å². The molecule has 60 valence electrons. The van der Waals surface area contributed by atoms with Crippen LogP contribution in [0.5, 0.6) is 5.75 Å². The van der Waals surface area contributed by atoms with Crippen molar-refractivity contribution in [2.45, 2.75) is 0 Å². The van der Waals surface area contributed by atoms with E-state index in [1.807, 2.05) is 0 Å². The maximum absolute atomic E-state index is 9.01. The van der Waals surface area contributed by atoms with Crippen molar-refractivity contribution in [1.82, 2.24) is 5.16 Å². The second kappa shape index (κ2) is 2.70. The van der Waals surface area contributed by atoms with Gasteiger partial charge >= 0.3 is 0 Å². The fourth-order valence-electron chi connectivity index (χ4n) is 0.994. The van der Waals surface area contributed by atoms with E-state index in [2.05, 4.69) is 9.68 Å². The molecule has 0 fully saturated rings. The molecule has 0 unspecified atom stereocenters. The van der Waals surface area contributed by atoms with E-state index in [1.54, 1.807) is 30.3 Å². The molecule has 0 radical (unpaired) electrons. The molecule has 0 aliphatic heterocycles. The molecule has 3 heteroatoms. The van der Waals surface area contributed by atoms with Gasteiger partial charge in [-0.05, 0) is 24.3 Å². The van der Waals surface area contributed by atoms with Crippen LogP contribution in [-0.4, -0.2) is 10.3 Å². The molecule has 0 saturated heterocycles. The minimum Gasteiger partial charge on any atom is -0.508 e. The van der Waals surface area contributed by atoms with Crippen molar-refractivity contribution < 1.29 is 9.63 Å². The second-order valence-electron chi connectivity index (χ2n) is 2.43. The molecule has 1 N–H and O–H groups in total. The molecule has 2 aromatic rings. The fourth-order valence-corrected chi connectivity index (χ4v) is 0.994. The van der Waals surface area contributed by atoms with Gasteiger partial charge in [-0.2, -0.15) is 0 Å². The predicted molar refractivity (Wildman–Crippen MR) is 43.6 cm³/mol. The Morgan fingerprint density at radius 3 is 2.42 bits per heavy atom. The van der Waals surface area contributed by atoms with E-state index in [1.165, 1.54) is 6.26 Å². The van der Waals surface area contributed by atoms with Crippen LogP contribution in [0.25, 0.3) is 11.3 Å². The van der Waals surface area contributed by atoms with E-state index in [-0.39, 0.29) is 5.75 Å². The lowest BCUT2D eigenvalue weighted by Gasteiger charge is -1.94. The highest BCUT2D eigenvalue weighted by Gasteiger charge is 1.99. The Bertz CT molecular complexity index is 351. The van der Waals surface area contributed by atoms with Crippen LogP contribution < -0.4 is 0 Å². The van der Waals surface area contributed by atoms with Gasteiger partial charge in [0.2, 0.25) is 0 Å². The third kappa shape index (κ3) is 1.16. The molecular formula is C9H7NO2. The van der Waals surface area contributed by atoms with E-state index < -0.39 is 0 Å². The van der Waals surface area contributed by atoms with Crippen LogP contribution in [0.3, 0.4) is 0 Å². The summed E-state index contributed by atoms with van der Waals surface area (Å²) in [6.07, 6.45) is 1.52. The third-order valence-electron chi connectivity index (χ3n) is 1.60. The number of hydrogen-bond acceptors (Lipinski definition) is 3. The number of benzene rings is 1. The summed E-state index contributed by atoms with van der Waals surface area (Å²) in [6, 6.07) is 8.57. The molecule has 0 saturated carbocycles. The number of phenols is 1. The summed E-state index contributed by atoms with van der Waals surface area (Å²) in [5.41, 5.74) is 1.71. The molecule has 0 amide bonds. The van der Waals surface area contributed by atoms with Crippen molar-refractivity contribution in [3.8, 4) is 17.0 Å². The Hall–Kier alpha value is -1.77. The van der Waals surface area contributed by atoms with Gasteiger partial charge in [0.25, 0.3) is 0 Å². The predicted octanol–water partition coefficient (Wildman–Crippen LogP) is 2.05. The van der Waals surface area contributed by atoms with Crippen LogP contribution in [0.15, 0.2) is 41.1 Å². The molecule has 1 heterocycles. The van der Waals surface area contributed by atoms with E-state index in [9.17, 15) is 0 Å². The Kier molecular flexibility index (Phi) is 1.55. The largest absolute Gasteiger partial charge is 0.508 e. The maximum atomic E-state index is 9.01. The van der Waals surface area contributed by atoms with Crippen molar-refractivity contribution in [3.63, 3.8) is 0 Å². The van der Waals surface area contributed by atoms with Crippen LogP contribution in [0.2, 0.25) is 0 Å². The van der Waals surface area contributed by atoms with Crippen molar-refractivity contribution >= 4 is 0 Å². The Morgan fingerprint density at radius 1 is 1.08 bits per heavy atom. The van der Waals surface area contributed by atoms with Crippen molar-refractivity contribution in [2.75, 3.05) is 0 Å². The SMILES string of the molecule is Oc1ccc(-c2ccon2)cc1. The first-order valence-corrected chi connectivity index (χ1v) is 3.56. The van der Waals surface area contributed by atoms with Crippen LogP contribution in [0, 0.1) is 0 Å². The zero-order valence-electron chi connectivity index (χ0n) is 6.27. The molecule has 3 nitrogen and oxygen atoms in total. The van der Waals surface area contributed by atoms with Gasteiger partial charge in [-0.3, -0.25) is 0 Å². The number of rotatable bonds is 1. The topological polar surface area (TPSA) is 46.3 Å². The molecule has 0 bridgehead atoms. The fraction of sp³-hybridized carbons (Fsp3) is 0. The van der Waals surface area contributed by atoms with Crippen molar-refractivity contribution in [3.05, 3.63) is 36.6 Å². The van der Waals surface area contributed by atoms with Crippen LogP contribution in [-0.2, 0) is 0 Å². The number of nitrogens with zero attached hydrogens (tertiary/aromatic N) is 1. The molecule has 0 aliphatic rings. The average Bonchev–Trinajstić information content (AvgIpc) is 2.58. The Balaban J connectivity index is 2.43. The van der Waals surface area contributed by atoms with E-state index in [0.29, 0.717) is 0 Å². The van der Waals surface area contributed by atoms with E-state index in [0.717, 1.165) is 11.3 Å². The molecule has 1 aromatic carbocycles. The number of aromatic nitrogens is 1. The summed E-state index contributed by atoms with van der Waals surface area (Å²) in [7, 11) is 0. The van der Waals surface area contributed by atoms with Gasteiger partial charge in [0.05, 0.1) is 0 Å². The summed E-state index contributed by atoms with van der Waals surface area (Å²) < 4.78 is 4.69. The van der Waals surface area contributed by atoms with Gasteiger partial charge in [-0.25, -0.2) is 0 Å². The molecule has 2 rings (SSSR count). The first-order chi connectivity index (χ1) is 5.86. The summed E-state index contributed by atoms with van der Waals surface area (Å²) in [6.45, 7) is 0. The molecule has 1 aromatic heterocycles. The first kappa shape index (κ1) is 6.91. The highest BCUT2D eigenvalue weighted by atomic mass is 16.5. The van der Waals surface area contributed by atoms with Gasteiger partial charge < -0.3 is 9.63 Å². The average molecular weight is 161 g/mol. The Labute approximate surface area is 69.2 Å². The summed E-state index contributed by atoms with van der Waals surface area (Å²) in [5.74, 6) is 0.252. The monoisotopic (exact) mass is 161 g/mol. The number of phenolic OH excluding ortho intramolecular Hbond substituents is 1. The minimum absolute atomic E-state index is 0.252.